The summed E-state index contributed by atoms with van der Waals surface area (Å²) in [6.07, 6.45) is 3.40. The van der Waals surface area contributed by atoms with Crippen molar-refractivity contribution in [2.45, 2.75) is 33.1 Å². The maximum Gasteiger partial charge on any atom is 0.224 e. The van der Waals surface area contributed by atoms with E-state index in [0.717, 1.165) is 50.7 Å². The second-order valence-electron chi connectivity index (χ2n) is 5.09. The first-order valence-corrected chi connectivity index (χ1v) is 7.19. The third-order valence-electron chi connectivity index (χ3n) is 3.27. The van der Waals surface area contributed by atoms with Gasteiger partial charge in [-0.25, -0.2) is 4.98 Å². The molecule has 106 valence electrons. The molecule has 1 saturated heterocycles. The number of nitrogens with one attached hydrogen (secondary N) is 2. The van der Waals surface area contributed by atoms with Crippen LogP contribution in [0.1, 0.15) is 31.9 Å². The molecular weight excluding hydrogens is 240 g/mol. The Bertz CT molecular complexity index is 391. The molecule has 5 nitrogen and oxygen atoms in total. The van der Waals surface area contributed by atoms with E-state index in [1.807, 2.05) is 13.0 Å². The average Bonchev–Trinajstić information content (AvgIpc) is 2.89. The first-order valence-electron chi connectivity index (χ1n) is 7.19. The molecular formula is C14H24N4O. The highest BCUT2D eigenvalue weighted by Gasteiger charge is 2.14. The summed E-state index contributed by atoms with van der Waals surface area (Å²) in [7, 11) is 0. The van der Waals surface area contributed by atoms with E-state index in [1.165, 1.54) is 6.42 Å². The van der Waals surface area contributed by atoms with Crippen molar-refractivity contribution in [1.82, 2.24) is 9.97 Å². The molecule has 0 aromatic carbocycles. The molecule has 0 aliphatic carbocycles. The second kappa shape index (κ2) is 7.28. The molecule has 2 N–H and O–H groups in total. The summed E-state index contributed by atoms with van der Waals surface area (Å²) in [5, 5.41) is 6.61. The van der Waals surface area contributed by atoms with Crippen LogP contribution in [0.25, 0.3) is 0 Å². The first-order chi connectivity index (χ1) is 9.28. The van der Waals surface area contributed by atoms with Crippen LogP contribution in [0.2, 0.25) is 0 Å². The smallest absolute Gasteiger partial charge is 0.224 e. The van der Waals surface area contributed by atoms with Crippen LogP contribution in [-0.4, -0.2) is 36.3 Å². The van der Waals surface area contributed by atoms with Gasteiger partial charge in [0.15, 0.2) is 0 Å². The molecule has 1 unspecified atom stereocenters. The van der Waals surface area contributed by atoms with Gasteiger partial charge in [-0.3, -0.25) is 0 Å². The molecule has 1 aliphatic rings. The molecule has 0 saturated carbocycles. The minimum atomic E-state index is 0.702. The van der Waals surface area contributed by atoms with Crippen LogP contribution in [0.3, 0.4) is 0 Å². The fraction of sp³-hybridized carbons (Fsp3) is 0.714. The van der Waals surface area contributed by atoms with Gasteiger partial charge in [0.05, 0.1) is 0 Å². The fourth-order valence-electron chi connectivity index (χ4n) is 2.19. The van der Waals surface area contributed by atoms with Gasteiger partial charge in [0.25, 0.3) is 0 Å². The maximum absolute atomic E-state index is 5.38. The summed E-state index contributed by atoms with van der Waals surface area (Å²) in [5.74, 6) is 2.33. The zero-order valence-electron chi connectivity index (χ0n) is 11.9. The summed E-state index contributed by atoms with van der Waals surface area (Å²) in [6, 6.07) is 1.99. The van der Waals surface area contributed by atoms with Crippen LogP contribution in [0.15, 0.2) is 6.07 Å². The normalized spacial score (nSPS) is 18.5. The molecule has 0 spiro atoms. The van der Waals surface area contributed by atoms with Crippen molar-refractivity contribution in [2.24, 2.45) is 5.92 Å². The molecule has 2 heterocycles. The zero-order chi connectivity index (χ0) is 13.5. The van der Waals surface area contributed by atoms with Crippen LogP contribution in [0.5, 0.6) is 0 Å². The van der Waals surface area contributed by atoms with Crippen LogP contribution in [0.4, 0.5) is 11.8 Å². The summed E-state index contributed by atoms with van der Waals surface area (Å²) in [5.41, 5.74) is 0.986. The van der Waals surface area contributed by atoms with Crippen molar-refractivity contribution in [3.63, 3.8) is 0 Å². The molecule has 1 aromatic rings. The van der Waals surface area contributed by atoms with Crippen molar-refractivity contribution in [2.75, 3.05) is 36.9 Å². The van der Waals surface area contributed by atoms with Gasteiger partial charge in [-0.2, -0.15) is 4.98 Å². The van der Waals surface area contributed by atoms with Crippen LogP contribution in [-0.2, 0) is 4.74 Å². The SMILES string of the molecule is CCCNc1nc(C)cc(NCCC2CCOC2)n1. The van der Waals surface area contributed by atoms with Gasteiger partial charge in [0.2, 0.25) is 5.95 Å². The fourth-order valence-corrected chi connectivity index (χ4v) is 2.19. The minimum Gasteiger partial charge on any atom is -0.381 e. The number of aryl methyl sites for hydroxylation is 1. The Morgan fingerprint density at radius 2 is 2.21 bits per heavy atom. The minimum absolute atomic E-state index is 0.702. The third-order valence-corrected chi connectivity index (χ3v) is 3.27. The number of anilines is 2. The molecule has 0 radical (unpaired) electrons. The van der Waals surface area contributed by atoms with E-state index in [9.17, 15) is 0 Å². The number of nitrogens with zero attached hydrogens (tertiary/aromatic N) is 2. The zero-order valence-corrected chi connectivity index (χ0v) is 11.9. The standard InChI is InChI=1S/C14H24N4O/c1-3-6-16-14-17-11(2)9-13(18-14)15-7-4-12-5-8-19-10-12/h9,12H,3-8,10H2,1-2H3,(H2,15,16,17,18). The van der Waals surface area contributed by atoms with Crippen LogP contribution < -0.4 is 10.6 Å². The molecule has 0 amide bonds. The van der Waals surface area contributed by atoms with Gasteiger partial charge >= 0.3 is 0 Å². The van der Waals surface area contributed by atoms with Gasteiger partial charge in [0, 0.05) is 38.1 Å². The average molecular weight is 264 g/mol. The molecule has 2 rings (SSSR count). The number of ether oxygens (including phenoxy) is 1. The van der Waals surface area contributed by atoms with Crippen LogP contribution in [0, 0.1) is 12.8 Å². The lowest BCUT2D eigenvalue weighted by Crippen LogP contribution is -2.12. The van der Waals surface area contributed by atoms with E-state index in [-0.39, 0.29) is 0 Å². The quantitative estimate of drug-likeness (QED) is 0.792. The second-order valence-corrected chi connectivity index (χ2v) is 5.09. The third kappa shape index (κ3) is 4.67. The summed E-state index contributed by atoms with van der Waals surface area (Å²) in [4.78, 5) is 8.85. The predicted octanol–water partition coefficient (Wildman–Crippen LogP) is 2.45. The molecule has 5 heteroatoms. The summed E-state index contributed by atoms with van der Waals surface area (Å²) in [6.45, 7) is 7.80. The van der Waals surface area contributed by atoms with E-state index in [0.29, 0.717) is 11.9 Å². The summed E-state index contributed by atoms with van der Waals surface area (Å²) < 4.78 is 5.38. The summed E-state index contributed by atoms with van der Waals surface area (Å²) >= 11 is 0. The number of aromatic nitrogens is 2. The van der Waals surface area contributed by atoms with Gasteiger partial charge in [-0.05, 0) is 32.1 Å². The largest absolute Gasteiger partial charge is 0.381 e. The van der Waals surface area contributed by atoms with Gasteiger partial charge in [0.1, 0.15) is 5.82 Å². The Morgan fingerprint density at radius 3 is 2.95 bits per heavy atom. The van der Waals surface area contributed by atoms with E-state index < -0.39 is 0 Å². The molecule has 0 bridgehead atoms. The van der Waals surface area contributed by atoms with Crippen molar-refractivity contribution in [3.05, 3.63) is 11.8 Å². The highest BCUT2D eigenvalue weighted by Crippen LogP contribution is 2.16. The number of rotatable bonds is 7. The van der Waals surface area contributed by atoms with E-state index >= 15 is 0 Å². The Labute approximate surface area is 115 Å². The Hall–Kier alpha value is -1.36. The van der Waals surface area contributed by atoms with Crippen LogP contribution >= 0.6 is 0 Å². The highest BCUT2D eigenvalue weighted by atomic mass is 16.5. The first kappa shape index (κ1) is 14.1. The van der Waals surface area contributed by atoms with Gasteiger partial charge in [-0.1, -0.05) is 6.92 Å². The lowest BCUT2D eigenvalue weighted by molar-refractivity contribution is 0.185. The van der Waals surface area contributed by atoms with E-state index in [2.05, 4.69) is 27.5 Å². The van der Waals surface area contributed by atoms with Crippen molar-refractivity contribution >= 4 is 11.8 Å². The maximum atomic E-state index is 5.38. The monoisotopic (exact) mass is 264 g/mol. The highest BCUT2D eigenvalue weighted by molar-refractivity contribution is 5.42. The molecule has 1 atom stereocenters. The molecule has 1 aliphatic heterocycles. The Kier molecular flexibility index (Phi) is 5.39. The van der Waals surface area contributed by atoms with Gasteiger partial charge in [-0.15, -0.1) is 0 Å². The lowest BCUT2D eigenvalue weighted by atomic mass is 10.1. The predicted molar refractivity (Wildman–Crippen MR) is 77.6 cm³/mol. The topological polar surface area (TPSA) is 59.1 Å². The van der Waals surface area contributed by atoms with E-state index in [1.54, 1.807) is 0 Å². The van der Waals surface area contributed by atoms with E-state index in [4.69, 9.17) is 4.74 Å². The molecule has 19 heavy (non-hydrogen) atoms. The van der Waals surface area contributed by atoms with Gasteiger partial charge < -0.3 is 15.4 Å². The molecule has 1 fully saturated rings. The Morgan fingerprint density at radius 1 is 1.32 bits per heavy atom. The number of hydrogen-bond donors (Lipinski definition) is 2. The van der Waals surface area contributed by atoms with Crippen molar-refractivity contribution in [1.29, 1.82) is 0 Å². The van der Waals surface area contributed by atoms with Crippen molar-refractivity contribution < 1.29 is 4.74 Å². The number of hydrogen-bond acceptors (Lipinski definition) is 5. The lowest BCUT2D eigenvalue weighted by Gasteiger charge is -2.11. The molecule has 1 aromatic heterocycles. The Balaban J connectivity index is 1.82. The van der Waals surface area contributed by atoms with Crippen molar-refractivity contribution in [3.8, 4) is 0 Å².